The average molecular weight is 510 g/mol. The fourth-order valence-corrected chi connectivity index (χ4v) is 8.91. The molecular weight excluding hydrogens is 481 g/mol. The molecule has 0 amide bonds. The van der Waals surface area contributed by atoms with Gasteiger partial charge in [0, 0.05) is 38.0 Å². The zero-order valence-corrected chi connectivity index (χ0v) is 22.4. The highest BCUT2D eigenvalue weighted by atomic mass is 31.2. The quantitative estimate of drug-likeness (QED) is 0.225. The summed E-state index contributed by atoms with van der Waals surface area (Å²) < 4.78 is 17.3. The number of hydrogen-bond acceptors (Lipinski definition) is 1. The number of fused-ring (bicyclic) bond motifs is 5. The highest BCUT2D eigenvalue weighted by Gasteiger charge is 2.40. The van der Waals surface area contributed by atoms with E-state index in [4.69, 9.17) is 0 Å². The maximum atomic E-state index is 14.9. The molecule has 2 heterocycles. The lowest BCUT2D eigenvalue weighted by atomic mass is 9.80. The highest BCUT2D eigenvalue weighted by molar-refractivity contribution is 7.85. The molecule has 0 unspecified atom stereocenters. The first kappa shape index (κ1) is 23.0. The van der Waals surface area contributed by atoms with Crippen molar-refractivity contribution in [3.63, 3.8) is 0 Å². The standard InChI is InChI=1S/C35H28NOP/c1-35(2)30-18-10-12-20-32(30)36-31-19-11-9-17-29(31)33(34(35)36)25-21-23-28(24-22-25)38(37,26-13-5-3-6-14-26)27-15-7-4-8-16-27/h3-24H,1-2H3. The average Bonchev–Trinajstić information content (AvgIpc) is 3.44. The first-order chi connectivity index (χ1) is 18.5. The van der Waals surface area contributed by atoms with Crippen molar-refractivity contribution in [2.75, 3.05) is 0 Å². The van der Waals surface area contributed by atoms with Crippen LogP contribution in [0.15, 0.2) is 133 Å². The van der Waals surface area contributed by atoms with Crippen molar-refractivity contribution in [2.45, 2.75) is 19.3 Å². The summed E-state index contributed by atoms with van der Waals surface area (Å²) >= 11 is 0. The van der Waals surface area contributed by atoms with E-state index >= 15 is 0 Å². The van der Waals surface area contributed by atoms with Gasteiger partial charge in [-0.1, -0.05) is 135 Å². The third kappa shape index (κ3) is 3.17. The molecule has 0 spiro atoms. The van der Waals surface area contributed by atoms with Gasteiger partial charge in [-0.05, 0) is 23.3 Å². The lowest BCUT2D eigenvalue weighted by Gasteiger charge is -2.22. The minimum absolute atomic E-state index is 0.146. The van der Waals surface area contributed by atoms with Crippen LogP contribution in [0.5, 0.6) is 0 Å². The van der Waals surface area contributed by atoms with E-state index in [1.165, 1.54) is 33.4 Å². The van der Waals surface area contributed by atoms with Gasteiger partial charge in [-0.25, -0.2) is 0 Å². The summed E-state index contributed by atoms with van der Waals surface area (Å²) in [5.41, 5.74) is 7.38. The van der Waals surface area contributed by atoms with Crippen molar-refractivity contribution in [2.24, 2.45) is 0 Å². The van der Waals surface area contributed by atoms with E-state index in [2.05, 4.69) is 91.2 Å². The maximum Gasteiger partial charge on any atom is 0.171 e. The Morgan fingerprint density at radius 3 is 1.76 bits per heavy atom. The molecule has 7 rings (SSSR count). The van der Waals surface area contributed by atoms with Gasteiger partial charge >= 0.3 is 0 Å². The van der Waals surface area contributed by atoms with Crippen molar-refractivity contribution < 1.29 is 4.57 Å². The molecule has 0 radical (unpaired) electrons. The summed E-state index contributed by atoms with van der Waals surface area (Å²) in [4.78, 5) is 0. The van der Waals surface area contributed by atoms with E-state index < -0.39 is 7.14 Å². The van der Waals surface area contributed by atoms with Gasteiger partial charge in [0.05, 0.1) is 11.2 Å². The Balaban J connectivity index is 1.44. The summed E-state index contributed by atoms with van der Waals surface area (Å²) in [7, 11) is -3.02. The van der Waals surface area contributed by atoms with Crippen LogP contribution in [0.1, 0.15) is 25.1 Å². The van der Waals surface area contributed by atoms with E-state index in [9.17, 15) is 4.57 Å². The van der Waals surface area contributed by atoms with E-state index in [1.54, 1.807) is 0 Å². The van der Waals surface area contributed by atoms with Gasteiger partial charge < -0.3 is 9.13 Å². The van der Waals surface area contributed by atoms with Crippen molar-refractivity contribution >= 4 is 34.0 Å². The second-order valence-corrected chi connectivity index (χ2v) is 13.3. The minimum atomic E-state index is -3.02. The highest BCUT2D eigenvalue weighted by Crippen LogP contribution is 2.51. The Labute approximate surface area is 223 Å². The lowest BCUT2D eigenvalue weighted by molar-refractivity contribution is 0.592. The Morgan fingerprint density at radius 1 is 0.579 bits per heavy atom. The van der Waals surface area contributed by atoms with Crippen LogP contribution in [0.3, 0.4) is 0 Å². The van der Waals surface area contributed by atoms with Crippen LogP contribution in [-0.4, -0.2) is 4.57 Å². The van der Waals surface area contributed by atoms with E-state index in [1.807, 2.05) is 60.7 Å². The first-order valence-corrected chi connectivity index (χ1v) is 14.8. The molecule has 38 heavy (non-hydrogen) atoms. The fourth-order valence-electron chi connectivity index (χ4n) is 6.26. The van der Waals surface area contributed by atoms with Gasteiger partial charge in [0.15, 0.2) is 7.14 Å². The Kier molecular flexibility index (Phi) is 5.12. The third-order valence-electron chi connectivity index (χ3n) is 8.04. The molecule has 0 saturated heterocycles. The molecule has 5 aromatic carbocycles. The molecule has 0 N–H and O–H groups in total. The van der Waals surface area contributed by atoms with Crippen LogP contribution >= 0.6 is 7.14 Å². The fraction of sp³-hybridized carbons (Fsp3) is 0.0857. The molecule has 2 nitrogen and oxygen atoms in total. The topological polar surface area (TPSA) is 22.0 Å². The van der Waals surface area contributed by atoms with Crippen LogP contribution in [0.25, 0.3) is 27.7 Å². The zero-order chi connectivity index (χ0) is 25.9. The number of rotatable bonds is 4. The Bertz CT molecular complexity index is 1800. The molecule has 1 aromatic heterocycles. The van der Waals surface area contributed by atoms with E-state index in [0.717, 1.165) is 21.5 Å². The number of benzene rings is 5. The van der Waals surface area contributed by atoms with Crippen LogP contribution in [0, 0.1) is 0 Å². The second kappa shape index (κ2) is 8.45. The van der Waals surface area contributed by atoms with Gasteiger partial charge in [-0.15, -0.1) is 0 Å². The van der Waals surface area contributed by atoms with Gasteiger partial charge in [-0.3, -0.25) is 0 Å². The summed E-state index contributed by atoms with van der Waals surface area (Å²) in [6, 6.07) is 45.6. The van der Waals surface area contributed by atoms with Gasteiger partial charge in [-0.2, -0.15) is 0 Å². The predicted octanol–water partition coefficient (Wildman–Crippen LogP) is 7.58. The normalized spacial score (nSPS) is 13.8. The Hall–Kier alpha value is -4.13. The molecule has 6 aromatic rings. The molecule has 0 bridgehead atoms. The van der Waals surface area contributed by atoms with Crippen molar-refractivity contribution in [3.8, 4) is 16.8 Å². The van der Waals surface area contributed by atoms with Crippen molar-refractivity contribution in [1.82, 2.24) is 4.57 Å². The largest absolute Gasteiger partial charge is 0.312 e. The number of para-hydroxylation sites is 2. The monoisotopic (exact) mass is 509 g/mol. The molecular formula is C35H28NOP. The number of aromatic nitrogens is 1. The predicted molar refractivity (Wildman–Crippen MR) is 160 cm³/mol. The van der Waals surface area contributed by atoms with Gasteiger partial charge in [0.2, 0.25) is 0 Å². The number of hydrogen-bond donors (Lipinski definition) is 0. The van der Waals surface area contributed by atoms with Crippen LogP contribution < -0.4 is 15.9 Å². The second-order valence-electron chi connectivity index (χ2n) is 10.5. The van der Waals surface area contributed by atoms with Gasteiger partial charge in [0.25, 0.3) is 0 Å². The third-order valence-corrected chi connectivity index (χ3v) is 11.1. The minimum Gasteiger partial charge on any atom is -0.312 e. The van der Waals surface area contributed by atoms with Crippen LogP contribution in [0.4, 0.5) is 0 Å². The zero-order valence-electron chi connectivity index (χ0n) is 21.5. The van der Waals surface area contributed by atoms with Gasteiger partial charge in [0.1, 0.15) is 0 Å². The molecule has 184 valence electrons. The molecule has 3 heteroatoms. The maximum absolute atomic E-state index is 14.9. The van der Waals surface area contributed by atoms with Crippen LogP contribution in [-0.2, 0) is 9.98 Å². The Morgan fingerprint density at radius 2 is 1.11 bits per heavy atom. The van der Waals surface area contributed by atoms with E-state index in [0.29, 0.717) is 0 Å². The lowest BCUT2D eigenvalue weighted by Crippen LogP contribution is -2.24. The number of nitrogens with zero attached hydrogens (tertiary/aromatic N) is 1. The summed E-state index contributed by atoms with van der Waals surface area (Å²) in [5.74, 6) is 0. The first-order valence-electron chi connectivity index (χ1n) is 13.1. The molecule has 0 fully saturated rings. The summed E-state index contributed by atoms with van der Waals surface area (Å²) in [5, 5.41) is 3.80. The summed E-state index contributed by atoms with van der Waals surface area (Å²) in [6.07, 6.45) is 0. The SMILES string of the molecule is CC1(C)c2ccccc2-n2c1c(-c1ccc(P(=O)(c3ccccc3)c3ccccc3)cc1)c1ccccc12. The molecule has 0 atom stereocenters. The molecule has 1 aliphatic heterocycles. The molecule has 1 aliphatic rings. The molecule has 0 aliphatic carbocycles. The van der Waals surface area contributed by atoms with Crippen LogP contribution in [0.2, 0.25) is 0 Å². The van der Waals surface area contributed by atoms with Crippen molar-refractivity contribution in [1.29, 1.82) is 0 Å². The van der Waals surface area contributed by atoms with E-state index in [-0.39, 0.29) is 5.41 Å². The molecule has 0 saturated carbocycles. The summed E-state index contributed by atoms with van der Waals surface area (Å²) in [6.45, 7) is 4.64. The smallest absolute Gasteiger partial charge is 0.171 e. The van der Waals surface area contributed by atoms with Crippen molar-refractivity contribution in [3.05, 3.63) is 145 Å².